The molecule has 140 valence electrons. The van der Waals surface area contributed by atoms with E-state index in [4.69, 9.17) is 4.74 Å². The average Bonchev–Trinajstić information content (AvgIpc) is 2.56. The van der Waals surface area contributed by atoms with Crippen molar-refractivity contribution in [3.63, 3.8) is 0 Å². The second-order valence-corrected chi connectivity index (χ2v) is 8.23. The third-order valence-corrected chi connectivity index (χ3v) is 5.16. The van der Waals surface area contributed by atoms with Crippen LogP contribution < -0.4 is 10.1 Å². The number of benzene rings is 2. The molecule has 0 aliphatic rings. The van der Waals surface area contributed by atoms with Crippen LogP contribution in [-0.2, 0) is 21.4 Å². The van der Waals surface area contributed by atoms with Crippen molar-refractivity contribution in [1.29, 1.82) is 0 Å². The summed E-state index contributed by atoms with van der Waals surface area (Å²) < 4.78 is 30.4. The summed E-state index contributed by atoms with van der Waals surface area (Å²) in [5.74, 6) is 0.308. The second-order valence-electron chi connectivity index (χ2n) is 6.25. The van der Waals surface area contributed by atoms with E-state index < -0.39 is 10.0 Å². The summed E-state index contributed by atoms with van der Waals surface area (Å²) in [6, 6.07) is 12.7. The normalized spacial score (nSPS) is 11.4. The van der Waals surface area contributed by atoms with Gasteiger partial charge in [-0.25, -0.2) is 8.42 Å². The molecule has 0 aliphatic carbocycles. The summed E-state index contributed by atoms with van der Waals surface area (Å²) in [6.45, 7) is 3.73. The first-order valence-corrected chi connectivity index (χ1v) is 9.99. The van der Waals surface area contributed by atoms with E-state index in [0.717, 1.165) is 27.3 Å². The van der Waals surface area contributed by atoms with Gasteiger partial charge in [0.05, 0.1) is 19.9 Å². The molecular weight excluding hydrogens is 352 g/mol. The number of hydrogen-bond acceptors (Lipinski definition) is 4. The van der Waals surface area contributed by atoms with Gasteiger partial charge in [0.15, 0.2) is 0 Å². The van der Waals surface area contributed by atoms with Gasteiger partial charge in [-0.15, -0.1) is 0 Å². The van der Waals surface area contributed by atoms with Crippen LogP contribution in [0.1, 0.15) is 16.7 Å². The van der Waals surface area contributed by atoms with Gasteiger partial charge in [-0.1, -0.05) is 29.8 Å². The Morgan fingerprint density at radius 2 is 1.77 bits per heavy atom. The van der Waals surface area contributed by atoms with Crippen molar-refractivity contribution in [2.75, 3.05) is 25.2 Å². The molecule has 2 rings (SSSR count). The fraction of sp³-hybridized carbons (Fsp3) is 0.316. The molecule has 0 radical (unpaired) electrons. The maximum Gasteiger partial charge on any atom is 0.239 e. The van der Waals surface area contributed by atoms with Crippen LogP contribution in [0.2, 0.25) is 0 Å². The van der Waals surface area contributed by atoms with Gasteiger partial charge >= 0.3 is 0 Å². The van der Waals surface area contributed by atoms with Crippen LogP contribution >= 0.6 is 0 Å². The number of nitrogens with zero attached hydrogens (tertiary/aromatic N) is 1. The molecule has 1 N–H and O–H groups in total. The van der Waals surface area contributed by atoms with Gasteiger partial charge in [0.1, 0.15) is 5.75 Å². The number of ether oxygens (including phenoxy) is 1. The van der Waals surface area contributed by atoms with Gasteiger partial charge in [0.2, 0.25) is 15.9 Å². The van der Waals surface area contributed by atoms with Crippen molar-refractivity contribution >= 4 is 21.6 Å². The first-order chi connectivity index (χ1) is 12.2. The van der Waals surface area contributed by atoms with Crippen LogP contribution in [0.4, 0.5) is 5.69 Å². The average molecular weight is 376 g/mol. The second kappa shape index (κ2) is 8.33. The molecule has 6 nitrogen and oxygen atoms in total. The predicted octanol–water partition coefficient (Wildman–Crippen LogP) is 2.71. The molecule has 0 spiro atoms. The van der Waals surface area contributed by atoms with E-state index in [1.54, 1.807) is 31.4 Å². The molecule has 0 bridgehead atoms. The first-order valence-electron chi connectivity index (χ1n) is 8.14. The van der Waals surface area contributed by atoms with E-state index in [2.05, 4.69) is 5.32 Å². The predicted molar refractivity (Wildman–Crippen MR) is 103 cm³/mol. The lowest BCUT2D eigenvalue weighted by Gasteiger charge is -2.20. The molecule has 2 aromatic rings. The Labute approximate surface area is 154 Å². The Hall–Kier alpha value is -2.38. The number of sulfonamides is 1. The van der Waals surface area contributed by atoms with E-state index in [-0.39, 0.29) is 19.0 Å². The zero-order valence-electron chi connectivity index (χ0n) is 15.4. The molecule has 0 unspecified atom stereocenters. The Morgan fingerprint density at radius 1 is 1.12 bits per heavy atom. The Morgan fingerprint density at radius 3 is 2.31 bits per heavy atom. The largest absolute Gasteiger partial charge is 0.497 e. The number of rotatable bonds is 7. The zero-order chi connectivity index (χ0) is 19.3. The molecule has 7 heteroatoms. The molecule has 0 saturated heterocycles. The quantitative estimate of drug-likeness (QED) is 0.806. The van der Waals surface area contributed by atoms with E-state index in [1.165, 1.54) is 0 Å². The number of anilines is 1. The van der Waals surface area contributed by atoms with E-state index >= 15 is 0 Å². The molecule has 0 saturated carbocycles. The lowest BCUT2D eigenvalue weighted by Crippen LogP contribution is -2.37. The van der Waals surface area contributed by atoms with E-state index in [9.17, 15) is 13.2 Å². The van der Waals surface area contributed by atoms with E-state index in [0.29, 0.717) is 11.4 Å². The molecule has 0 heterocycles. The minimum absolute atomic E-state index is 0.114. The molecule has 0 aromatic heterocycles. The molecule has 0 fully saturated rings. The number of hydrogen-bond donors (Lipinski definition) is 1. The Kier molecular flexibility index (Phi) is 6.39. The first kappa shape index (κ1) is 19.9. The van der Waals surface area contributed by atoms with Crippen molar-refractivity contribution in [3.8, 4) is 5.75 Å². The van der Waals surface area contributed by atoms with Crippen molar-refractivity contribution in [2.45, 2.75) is 20.4 Å². The summed E-state index contributed by atoms with van der Waals surface area (Å²) in [4.78, 5) is 12.4. The van der Waals surface area contributed by atoms with Gasteiger partial charge in [-0.05, 0) is 43.2 Å². The third-order valence-electron chi connectivity index (χ3n) is 3.96. The SMILES string of the molecule is COc1ccc(CN(CC(=O)Nc2ccc(C)cc2C)S(C)(=O)=O)cc1. The lowest BCUT2D eigenvalue weighted by molar-refractivity contribution is -0.116. The van der Waals surface area contributed by atoms with Crippen molar-refractivity contribution in [2.24, 2.45) is 0 Å². The maximum atomic E-state index is 12.4. The fourth-order valence-electron chi connectivity index (χ4n) is 2.53. The van der Waals surface area contributed by atoms with Crippen molar-refractivity contribution in [1.82, 2.24) is 4.31 Å². The summed E-state index contributed by atoms with van der Waals surface area (Å²) >= 11 is 0. The number of nitrogens with one attached hydrogen (secondary N) is 1. The van der Waals surface area contributed by atoms with Crippen LogP contribution in [0.15, 0.2) is 42.5 Å². The van der Waals surface area contributed by atoms with Gasteiger partial charge in [-0.3, -0.25) is 4.79 Å². The Bertz CT molecular complexity index is 877. The molecule has 26 heavy (non-hydrogen) atoms. The molecular formula is C19H24N2O4S. The number of carbonyl (C=O) groups excluding carboxylic acids is 1. The highest BCUT2D eigenvalue weighted by atomic mass is 32.2. The van der Waals surface area contributed by atoms with Crippen LogP contribution in [0.5, 0.6) is 5.75 Å². The molecule has 0 atom stereocenters. The molecule has 0 aliphatic heterocycles. The van der Waals surface area contributed by atoms with Crippen molar-refractivity contribution < 1.29 is 17.9 Å². The van der Waals surface area contributed by atoms with Crippen LogP contribution in [0, 0.1) is 13.8 Å². The highest BCUT2D eigenvalue weighted by molar-refractivity contribution is 7.88. The Balaban J connectivity index is 2.10. The van der Waals surface area contributed by atoms with Gasteiger partial charge in [0, 0.05) is 12.2 Å². The van der Waals surface area contributed by atoms with Crippen LogP contribution in [0.25, 0.3) is 0 Å². The lowest BCUT2D eigenvalue weighted by atomic mass is 10.1. The fourth-order valence-corrected chi connectivity index (χ4v) is 3.26. The highest BCUT2D eigenvalue weighted by Gasteiger charge is 2.21. The van der Waals surface area contributed by atoms with Gasteiger partial charge in [-0.2, -0.15) is 4.31 Å². The van der Waals surface area contributed by atoms with Crippen LogP contribution in [-0.4, -0.2) is 38.5 Å². The number of amides is 1. The molecule has 2 aromatic carbocycles. The third kappa shape index (κ3) is 5.57. The monoisotopic (exact) mass is 376 g/mol. The molecule has 1 amide bonds. The van der Waals surface area contributed by atoms with Crippen molar-refractivity contribution in [3.05, 3.63) is 59.2 Å². The summed E-state index contributed by atoms with van der Waals surface area (Å²) in [7, 11) is -1.98. The number of methoxy groups -OCH3 is 1. The summed E-state index contributed by atoms with van der Waals surface area (Å²) in [6.07, 6.45) is 1.10. The standard InChI is InChI=1S/C19H24N2O4S/c1-14-5-10-18(15(2)11-14)20-19(22)13-21(26(4,23)24)12-16-6-8-17(25-3)9-7-16/h5-11H,12-13H2,1-4H3,(H,20,22). The summed E-state index contributed by atoms with van der Waals surface area (Å²) in [5.41, 5.74) is 3.48. The smallest absolute Gasteiger partial charge is 0.239 e. The number of aryl methyl sites for hydroxylation is 2. The maximum absolute atomic E-state index is 12.4. The van der Waals surface area contributed by atoms with Gasteiger partial charge in [0.25, 0.3) is 0 Å². The number of carbonyl (C=O) groups is 1. The summed E-state index contributed by atoms with van der Waals surface area (Å²) in [5, 5.41) is 2.78. The van der Waals surface area contributed by atoms with E-state index in [1.807, 2.05) is 32.0 Å². The zero-order valence-corrected chi connectivity index (χ0v) is 16.3. The van der Waals surface area contributed by atoms with Gasteiger partial charge < -0.3 is 10.1 Å². The topological polar surface area (TPSA) is 75.7 Å². The minimum Gasteiger partial charge on any atom is -0.497 e. The minimum atomic E-state index is -3.54. The highest BCUT2D eigenvalue weighted by Crippen LogP contribution is 2.17. The van der Waals surface area contributed by atoms with Crippen LogP contribution in [0.3, 0.4) is 0 Å².